The first-order chi connectivity index (χ1) is 7.80. The van der Waals surface area contributed by atoms with E-state index in [-0.39, 0.29) is 11.2 Å². The first-order valence-corrected chi connectivity index (χ1v) is 4.80. The number of hydrogen-bond acceptors (Lipinski definition) is 2. The van der Waals surface area contributed by atoms with Crippen molar-refractivity contribution in [1.82, 2.24) is 0 Å². The highest BCUT2D eigenvalue weighted by Crippen LogP contribution is 2.31. The number of nitrogen functional groups attached to an aromatic ring is 1. The lowest BCUT2D eigenvalue weighted by molar-refractivity contribution is -0.584. The molecule has 2 rings (SSSR count). The molecule has 2 aromatic rings. The summed E-state index contributed by atoms with van der Waals surface area (Å²) in [6, 6.07) is 4.36. The maximum Gasteiger partial charge on any atom is 0.416 e. The quantitative estimate of drug-likeness (QED) is 0.569. The first kappa shape index (κ1) is 11.5. The van der Waals surface area contributed by atoms with Crippen LogP contribution in [0.1, 0.15) is 11.3 Å². The van der Waals surface area contributed by atoms with Crippen LogP contribution in [0.3, 0.4) is 0 Å². The number of pyridine rings is 1. The molecule has 0 saturated carbocycles. The molecule has 0 aliphatic heterocycles. The Morgan fingerprint density at radius 1 is 1.24 bits per heavy atom. The van der Waals surface area contributed by atoms with Crippen LogP contribution in [0.25, 0.3) is 10.9 Å². The number of fused-ring (bicyclic) bond motifs is 1. The van der Waals surface area contributed by atoms with Crippen LogP contribution in [0.4, 0.5) is 18.9 Å². The van der Waals surface area contributed by atoms with Gasteiger partial charge in [0, 0.05) is 19.1 Å². The maximum absolute atomic E-state index is 12.5. The molecule has 0 atom stereocenters. The van der Waals surface area contributed by atoms with E-state index in [0.717, 1.165) is 12.1 Å². The molecule has 0 aliphatic rings. The second-order valence-corrected chi connectivity index (χ2v) is 3.77. The number of aromatic nitrogens is 1. The molecule has 0 unspecified atom stereocenters. The molecule has 90 valence electrons. The van der Waals surface area contributed by atoms with Gasteiger partial charge in [-0.15, -0.1) is 0 Å². The average molecular weight is 242 g/mol. The minimum Gasteiger partial charge on any atom is -0.618 e. The highest BCUT2D eigenvalue weighted by molar-refractivity contribution is 5.88. The molecule has 0 amide bonds. The lowest BCUT2D eigenvalue weighted by Crippen LogP contribution is -2.31. The van der Waals surface area contributed by atoms with Crippen molar-refractivity contribution >= 4 is 16.6 Å². The third kappa shape index (κ3) is 1.86. The highest BCUT2D eigenvalue weighted by Gasteiger charge is 2.31. The van der Waals surface area contributed by atoms with Gasteiger partial charge in [-0.2, -0.15) is 17.9 Å². The Bertz CT molecular complexity index is 593. The maximum atomic E-state index is 12.5. The number of benzene rings is 1. The molecule has 1 aromatic heterocycles. The van der Waals surface area contributed by atoms with E-state index in [9.17, 15) is 18.4 Å². The summed E-state index contributed by atoms with van der Waals surface area (Å²) in [6.45, 7) is 1.49. The molecule has 1 heterocycles. The smallest absolute Gasteiger partial charge is 0.416 e. The van der Waals surface area contributed by atoms with Gasteiger partial charge in [0.1, 0.15) is 0 Å². The topological polar surface area (TPSA) is 53.0 Å². The summed E-state index contributed by atoms with van der Waals surface area (Å²) in [6.07, 6.45) is -4.47. The van der Waals surface area contributed by atoms with Crippen molar-refractivity contribution < 1.29 is 17.9 Å². The Balaban J connectivity index is 2.81. The van der Waals surface area contributed by atoms with Crippen LogP contribution in [0, 0.1) is 12.1 Å². The molecule has 0 saturated heterocycles. The van der Waals surface area contributed by atoms with E-state index in [1.165, 1.54) is 19.1 Å². The highest BCUT2D eigenvalue weighted by atomic mass is 19.4. The number of halogens is 3. The summed E-state index contributed by atoms with van der Waals surface area (Å²) in [5, 5.41) is 12.0. The predicted molar refractivity (Wildman–Crippen MR) is 57.1 cm³/mol. The van der Waals surface area contributed by atoms with Crippen LogP contribution < -0.4 is 10.5 Å². The summed E-state index contributed by atoms with van der Waals surface area (Å²) >= 11 is 0. The summed E-state index contributed by atoms with van der Waals surface area (Å²) in [5.41, 5.74) is 5.27. The van der Waals surface area contributed by atoms with Gasteiger partial charge in [0.25, 0.3) is 0 Å². The lowest BCUT2D eigenvalue weighted by atomic mass is 10.1. The predicted octanol–water partition coefficient (Wildman–Crippen LogP) is 2.38. The van der Waals surface area contributed by atoms with Crippen LogP contribution >= 0.6 is 0 Å². The molecule has 1 aromatic carbocycles. The fourth-order valence-electron chi connectivity index (χ4n) is 1.67. The minimum atomic E-state index is -4.47. The van der Waals surface area contributed by atoms with E-state index in [1.807, 2.05) is 0 Å². The fraction of sp³-hybridized carbons (Fsp3) is 0.182. The van der Waals surface area contributed by atoms with Crippen LogP contribution in [0.5, 0.6) is 0 Å². The Hall–Kier alpha value is -1.98. The average Bonchev–Trinajstić information content (AvgIpc) is 2.24. The van der Waals surface area contributed by atoms with E-state index < -0.39 is 11.7 Å². The van der Waals surface area contributed by atoms with E-state index >= 15 is 0 Å². The Kier molecular flexibility index (Phi) is 2.38. The van der Waals surface area contributed by atoms with Crippen LogP contribution in [0.15, 0.2) is 24.3 Å². The standard InChI is InChI=1S/C11H9F3N2O/c1-6-4-9(15)8-3-2-7(11(12,13)14)5-10(8)16(6)17/h2-5H,15H2,1H3. The van der Waals surface area contributed by atoms with E-state index in [4.69, 9.17) is 5.73 Å². The zero-order valence-corrected chi connectivity index (χ0v) is 8.88. The number of alkyl halides is 3. The molecular formula is C11H9F3N2O. The van der Waals surface area contributed by atoms with Gasteiger partial charge >= 0.3 is 6.18 Å². The van der Waals surface area contributed by atoms with Crippen molar-refractivity contribution in [2.24, 2.45) is 0 Å². The number of nitrogens with two attached hydrogens (primary N) is 1. The molecule has 6 heteroatoms. The van der Waals surface area contributed by atoms with Crippen molar-refractivity contribution in [1.29, 1.82) is 0 Å². The molecule has 0 aliphatic carbocycles. The van der Waals surface area contributed by atoms with Crippen molar-refractivity contribution in [2.75, 3.05) is 5.73 Å². The number of anilines is 1. The van der Waals surface area contributed by atoms with Gasteiger partial charge in [0.2, 0.25) is 5.52 Å². The number of nitrogens with zero attached hydrogens (tertiary/aromatic N) is 1. The summed E-state index contributed by atoms with van der Waals surface area (Å²) in [5.74, 6) is 0. The Labute approximate surface area is 94.9 Å². The van der Waals surface area contributed by atoms with Crippen molar-refractivity contribution in [3.05, 3.63) is 40.7 Å². The molecule has 3 nitrogen and oxygen atoms in total. The molecule has 0 radical (unpaired) electrons. The number of aryl methyl sites for hydroxylation is 1. The summed E-state index contributed by atoms with van der Waals surface area (Å²) in [7, 11) is 0. The molecule has 0 bridgehead atoms. The number of hydrogen-bond donors (Lipinski definition) is 1. The molecule has 0 spiro atoms. The van der Waals surface area contributed by atoms with E-state index in [1.54, 1.807) is 0 Å². The van der Waals surface area contributed by atoms with Crippen LogP contribution in [0.2, 0.25) is 0 Å². The first-order valence-electron chi connectivity index (χ1n) is 4.80. The molecule has 0 fully saturated rings. The lowest BCUT2D eigenvalue weighted by Gasteiger charge is -2.10. The zero-order valence-electron chi connectivity index (χ0n) is 8.88. The van der Waals surface area contributed by atoms with E-state index in [2.05, 4.69) is 0 Å². The summed E-state index contributed by atoms with van der Waals surface area (Å²) < 4.78 is 38.0. The fourth-order valence-corrected chi connectivity index (χ4v) is 1.67. The second-order valence-electron chi connectivity index (χ2n) is 3.77. The normalized spacial score (nSPS) is 12.0. The third-order valence-corrected chi connectivity index (χ3v) is 2.54. The molecule has 17 heavy (non-hydrogen) atoms. The monoisotopic (exact) mass is 242 g/mol. The van der Waals surface area contributed by atoms with E-state index in [0.29, 0.717) is 15.8 Å². The van der Waals surface area contributed by atoms with Crippen LogP contribution in [-0.4, -0.2) is 0 Å². The van der Waals surface area contributed by atoms with Crippen LogP contribution in [-0.2, 0) is 6.18 Å². The Morgan fingerprint density at radius 2 is 1.88 bits per heavy atom. The largest absolute Gasteiger partial charge is 0.618 e. The van der Waals surface area contributed by atoms with Gasteiger partial charge in [-0.25, -0.2) is 0 Å². The zero-order chi connectivity index (χ0) is 12.8. The minimum absolute atomic E-state index is 0.0719. The molecular weight excluding hydrogens is 233 g/mol. The van der Waals surface area contributed by atoms with Crippen molar-refractivity contribution in [3.8, 4) is 0 Å². The van der Waals surface area contributed by atoms with Gasteiger partial charge in [0.05, 0.1) is 16.6 Å². The van der Waals surface area contributed by atoms with Crippen molar-refractivity contribution in [2.45, 2.75) is 13.1 Å². The Morgan fingerprint density at radius 3 is 2.47 bits per heavy atom. The van der Waals surface area contributed by atoms with Crippen molar-refractivity contribution in [3.63, 3.8) is 0 Å². The van der Waals surface area contributed by atoms with Gasteiger partial charge in [-0.3, -0.25) is 0 Å². The van der Waals surface area contributed by atoms with Gasteiger partial charge in [-0.05, 0) is 12.1 Å². The third-order valence-electron chi connectivity index (χ3n) is 2.54. The SMILES string of the molecule is Cc1cc(N)c2ccc(C(F)(F)F)cc2[n+]1[O-]. The number of rotatable bonds is 0. The van der Waals surface area contributed by atoms with Gasteiger partial charge < -0.3 is 10.9 Å². The summed E-state index contributed by atoms with van der Waals surface area (Å²) in [4.78, 5) is 0. The van der Waals surface area contributed by atoms with Gasteiger partial charge in [-0.1, -0.05) is 0 Å². The van der Waals surface area contributed by atoms with Gasteiger partial charge in [0.15, 0.2) is 5.69 Å². The second kappa shape index (κ2) is 3.51. The molecule has 2 N–H and O–H groups in total.